The summed E-state index contributed by atoms with van der Waals surface area (Å²) in [4.78, 5) is 28.5. The van der Waals surface area contributed by atoms with Crippen molar-refractivity contribution in [2.24, 2.45) is 0 Å². The molecule has 27 heavy (non-hydrogen) atoms. The van der Waals surface area contributed by atoms with Gasteiger partial charge >= 0.3 is 11.9 Å². The van der Waals surface area contributed by atoms with E-state index in [9.17, 15) is 9.59 Å². The number of ether oxygens (including phenoxy) is 2. The van der Waals surface area contributed by atoms with Gasteiger partial charge < -0.3 is 9.47 Å². The first-order valence-corrected chi connectivity index (χ1v) is 9.48. The quantitative estimate of drug-likeness (QED) is 0.478. The van der Waals surface area contributed by atoms with Crippen molar-refractivity contribution in [1.29, 1.82) is 0 Å². The second-order valence-electron chi connectivity index (χ2n) is 6.45. The van der Waals surface area contributed by atoms with Gasteiger partial charge in [0.15, 0.2) is 6.10 Å². The molecule has 0 aliphatic carbocycles. The lowest BCUT2D eigenvalue weighted by molar-refractivity contribution is -0.153. The minimum atomic E-state index is -0.929. The molecule has 0 aliphatic rings. The number of hydrogen-bond acceptors (Lipinski definition) is 5. The van der Waals surface area contributed by atoms with Crippen molar-refractivity contribution in [1.82, 2.24) is 4.98 Å². The Kier molecular flexibility index (Phi) is 7.99. The number of carbonyl (C=O) groups excluding carboxylic acids is 2. The lowest BCUT2D eigenvalue weighted by Crippen LogP contribution is -2.26. The summed E-state index contributed by atoms with van der Waals surface area (Å²) in [6, 6.07) is 11.0. The Morgan fingerprint density at radius 1 is 1.04 bits per heavy atom. The molecule has 0 fully saturated rings. The minimum Gasteiger partial charge on any atom is -0.463 e. The molecule has 1 aromatic heterocycles. The SMILES string of the molecule is CCCCOC(=O)[C@@H](C)OC(=O)c1ccc(-c2ccc(CCC)cn2)cc1. The van der Waals surface area contributed by atoms with Crippen LogP contribution in [0.3, 0.4) is 0 Å². The number of pyridine rings is 1. The van der Waals surface area contributed by atoms with Gasteiger partial charge in [-0.1, -0.05) is 44.9 Å². The maximum atomic E-state index is 12.2. The van der Waals surface area contributed by atoms with Gasteiger partial charge in [-0.2, -0.15) is 0 Å². The van der Waals surface area contributed by atoms with E-state index in [-0.39, 0.29) is 0 Å². The molecular formula is C22H27NO4. The summed E-state index contributed by atoms with van der Waals surface area (Å²) in [5, 5.41) is 0. The van der Waals surface area contributed by atoms with Crippen molar-refractivity contribution in [3.05, 3.63) is 53.7 Å². The fourth-order valence-electron chi connectivity index (χ4n) is 2.52. The van der Waals surface area contributed by atoms with Crippen LogP contribution >= 0.6 is 0 Å². The van der Waals surface area contributed by atoms with Crippen molar-refractivity contribution in [2.75, 3.05) is 6.61 Å². The summed E-state index contributed by atoms with van der Waals surface area (Å²) in [5.41, 5.74) is 3.36. The lowest BCUT2D eigenvalue weighted by atomic mass is 10.1. The molecule has 0 amide bonds. The highest BCUT2D eigenvalue weighted by Gasteiger charge is 2.20. The third-order valence-corrected chi connectivity index (χ3v) is 4.14. The second-order valence-corrected chi connectivity index (χ2v) is 6.45. The Labute approximate surface area is 160 Å². The topological polar surface area (TPSA) is 65.5 Å². The number of nitrogens with zero attached hydrogens (tertiary/aromatic N) is 1. The van der Waals surface area contributed by atoms with E-state index in [1.807, 2.05) is 31.3 Å². The van der Waals surface area contributed by atoms with Gasteiger partial charge in [-0.25, -0.2) is 9.59 Å². The Morgan fingerprint density at radius 3 is 2.37 bits per heavy atom. The van der Waals surface area contributed by atoms with E-state index >= 15 is 0 Å². The maximum absolute atomic E-state index is 12.2. The van der Waals surface area contributed by atoms with Crippen LogP contribution in [0.4, 0.5) is 0 Å². The Morgan fingerprint density at radius 2 is 1.78 bits per heavy atom. The highest BCUT2D eigenvalue weighted by Crippen LogP contribution is 2.19. The molecule has 0 unspecified atom stereocenters. The zero-order valence-electron chi connectivity index (χ0n) is 16.2. The molecule has 0 radical (unpaired) electrons. The van der Waals surface area contributed by atoms with E-state index in [0.717, 1.165) is 36.9 Å². The zero-order chi connectivity index (χ0) is 19.6. The van der Waals surface area contributed by atoms with Gasteiger partial charge in [0.2, 0.25) is 0 Å². The molecule has 1 atom stereocenters. The normalized spacial score (nSPS) is 11.7. The summed E-state index contributed by atoms with van der Waals surface area (Å²) >= 11 is 0. The highest BCUT2D eigenvalue weighted by molar-refractivity contribution is 5.91. The molecule has 144 valence electrons. The molecule has 0 N–H and O–H groups in total. The second kappa shape index (κ2) is 10.5. The van der Waals surface area contributed by atoms with Crippen LogP contribution in [0.2, 0.25) is 0 Å². The van der Waals surface area contributed by atoms with Crippen molar-refractivity contribution in [2.45, 2.75) is 52.6 Å². The van der Waals surface area contributed by atoms with Crippen LogP contribution in [0.1, 0.15) is 56.0 Å². The number of rotatable bonds is 9. The number of aromatic nitrogens is 1. The first-order valence-electron chi connectivity index (χ1n) is 9.48. The number of carbonyl (C=O) groups is 2. The van der Waals surface area contributed by atoms with E-state index in [1.165, 1.54) is 12.5 Å². The molecule has 0 spiro atoms. The molecule has 0 saturated heterocycles. The van der Waals surface area contributed by atoms with Crippen LogP contribution in [0.5, 0.6) is 0 Å². The molecule has 0 saturated carbocycles. The monoisotopic (exact) mass is 369 g/mol. The Bertz CT molecular complexity index is 738. The molecule has 5 nitrogen and oxygen atoms in total. The van der Waals surface area contributed by atoms with Gasteiger partial charge in [-0.05, 0) is 43.5 Å². The van der Waals surface area contributed by atoms with Crippen LogP contribution in [0, 0.1) is 0 Å². The predicted octanol–water partition coefficient (Wildman–Crippen LogP) is 4.59. The number of benzene rings is 1. The van der Waals surface area contributed by atoms with Crippen LogP contribution < -0.4 is 0 Å². The Hall–Kier alpha value is -2.69. The summed E-state index contributed by atoms with van der Waals surface area (Å²) in [6.07, 6.45) is 4.78. The molecule has 5 heteroatoms. The van der Waals surface area contributed by atoms with Crippen LogP contribution in [-0.2, 0) is 20.7 Å². The molecule has 1 aromatic carbocycles. The van der Waals surface area contributed by atoms with Crippen molar-refractivity contribution in [3.8, 4) is 11.3 Å². The van der Waals surface area contributed by atoms with Gasteiger partial charge in [-0.3, -0.25) is 4.98 Å². The Balaban J connectivity index is 1.95. The predicted molar refractivity (Wildman–Crippen MR) is 104 cm³/mol. The number of unbranched alkanes of at least 4 members (excludes halogenated alkanes) is 1. The summed E-state index contributed by atoms with van der Waals surface area (Å²) in [7, 11) is 0. The fourth-order valence-corrected chi connectivity index (χ4v) is 2.52. The van der Waals surface area contributed by atoms with Gasteiger partial charge in [0.05, 0.1) is 17.9 Å². The van der Waals surface area contributed by atoms with Crippen molar-refractivity contribution >= 4 is 11.9 Å². The van der Waals surface area contributed by atoms with Gasteiger partial charge in [0, 0.05) is 11.8 Å². The summed E-state index contributed by atoms with van der Waals surface area (Å²) < 4.78 is 10.2. The zero-order valence-corrected chi connectivity index (χ0v) is 16.2. The van der Waals surface area contributed by atoms with Gasteiger partial charge in [-0.15, -0.1) is 0 Å². The third kappa shape index (κ3) is 6.20. The van der Waals surface area contributed by atoms with E-state index in [4.69, 9.17) is 9.47 Å². The lowest BCUT2D eigenvalue weighted by Gasteiger charge is -2.13. The smallest absolute Gasteiger partial charge is 0.347 e. The van der Waals surface area contributed by atoms with Gasteiger partial charge in [0.25, 0.3) is 0 Å². The minimum absolute atomic E-state index is 0.343. The van der Waals surface area contributed by atoms with Crippen LogP contribution in [0.25, 0.3) is 11.3 Å². The van der Waals surface area contributed by atoms with E-state index in [0.29, 0.717) is 12.2 Å². The van der Waals surface area contributed by atoms with E-state index in [1.54, 1.807) is 12.1 Å². The molecule has 0 aliphatic heterocycles. The number of hydrogen-bond donors (Lipinski definition) is 0. The summed E-state index contributed by atoms with van der Waals surface area (Å²) in [6.45, 7) is 6.01. The highest BCUT2D eigenvalue weighted by atomic mass is 16.6. The largest absolute Gasteiger partial charge is 0.463 e. The molecule has 2 rings (SSSR count). The van der Waals surface area contributed by atoms with Crippen LogP contribution in [0.15, 0.2) is 42.6 Å². The molecule has 0 bridgehead atoms. The summed E-state index contributed by atoms with van der Waals surface area (Å²) in [5.74, 6) is -1.07. The van der Waals surface area contributed by atoms with Crippen LogP contribution in [-0.4, -0.2) is 29.6 Å². The first kappa shape index (κ1) is 20.6. The molecular weight excluding hydrogens is 342 g/mol. The fraction of sp³-hybridized carbons (Fsp3) is 0.409. The third-order valence-electron chi connectivity index (χ3n) is 4.14. The average Bonchev–Trinajstić information content (AvgIpc) is 2.69. The van der Waals surface area contributed by atoms with Crippen molar-refractivity contribution < 1.29 is 19.1 Å². The average molecular weight is 369 g/mol. The number of esters is 2. The standard InChI is InChI=1S/C22H27NO4/c1-4-6-14-26-21(24)16(3)27-22(25)19-11-9-18(10-12-19)20-13-8-17(7-5-2)15-23-20/h8-13,15-16H,4-7,14H2,1-3H3/t16-/m1/s1. The maximum Gasteiger partial charge on any atom is 0.347 e. The number of aryl methyl sites for hydroxylation is 1. The van der Waals surface area contributed by atoms with Crippen molar-refractivity contribution in [3.63, 3.8) is 0 Å². The van der Waals surface area contributed by atoms with E-state index in [2.05, 4.69) is 18.0 Å². The molecule has 2 aromatic rings. The van der Waals surface area contributed by atoms with Gasteiger partial charge in [0.1, 0.15) is 0 Å². The molecule has 1 heterocycles. The van der Waals surface area contributed by atoms with E-state index < -0.39 is 18.0 Å². The first-order chi connectivity index (χ1) is 13.0.